The Morgan fingerprint density at radius 1 is 0.850 bits per heavy atom. The van der Waals surface area contributed by atoms with Gasteiger partial charge in [0, 0.05) is 5.02 Å². The van der Waals surface area contributed by atoms with Gasteiger partial charge in [0.05, 0.1) is 16.8 Å². The van der Waals surface area contributed by atoms with E-state index in [1.54, 1.807) is 6.07 Å². The fourth-order valence-electron chi connectivity index (χ4n) is 2.03. The zero-order valence-electron chi connectivity index (χ0n) is 9.73. The number of fused-ring (bicyclic) bond motifs is 1. The van der Waals surface area contributed by atoms with Crippen LogP contribution in [0.3, 0.4) is 0 Å². The zero-order chi connectivity index (χ0) is 14.4. The lowest BCUT2D eigenvalue weighted by Gasteiger charge is -2.14. The summed E-state index contributed by atoms with van der Waals surface area (Å²) in [6.07, 6.45) is 0. The maximum atomic E-state index is 12.3. The van der Waals surface area contributed by atoms with Crippen LogP contribution < -0.4 is 4.90 Å². The van der Waals surface area contributed by atoms with Crippen molar-refractivity contribution in [2.24, 2.45) is 0 Å². The fourth-order valence-corrected chi connectivity index (χ4v) is 2.65. The number of hydrogen-bond acceptors (Lipinski definition) is 3. The van der Waals surface area contributed by atoms with E-state index >= 15 is 0 Å². The Bertz CT molecular complexity index is 741. The molecule has 2 amide bonds. The van der Waals surface area contributed by atoms with Crippen LogP contribution in [-0.4, -0.2) is 16.8 Å². The van der Waals surface area contributed by atoms with Gasteiger partial charge in [0.2, 0.25) is 0 Å². The van der Waals surface area contributed by atoms with E-state index in [0.717, 1.165) is 4.90 Å². The van der Waals surface area contributed by atoms with Crippen molar-refractivity contribution >= 4 is 52.3 Å². The number of nitrogens with zero attached hydrogens (tertiary/aromatic N) is 2. The number of rotatable bonds is 1. The summed E-state index contributed by atoms with van der Waals surface area (Å²) in [4.78, 5) is 29.4. The Balaban J connectivity index is 2.14. The molecule has 0 saturated carbocycles. The molecule has 2 aromatic rings. The highest BCUT2D eigenvalue weighted by atomic mass is 35.5. The molecule has 0 N–H and O–H groups in total. The quantitative estimate of drug-likeness (QED) is 0.590. The van der Waals surface area contributed by atoms with E-state index in [-0.39, 0.29) is 21.6 Å². The van der Waals surface area contributed by atoms with Gasteiger partial charge in [-0.3, -0.25) is 9.59 Å². The van der Waals surface area contributed by atoms with Gasteiger partial charge in [-0.2, -0.15) is 0 Å². The molecule has 100 valence electrons. The van der Waals surface area contributed by atoms with E-state index in [1.807, 2.05) is 0 Å². The summed E-state index contributed by atoms with van der Waals surface area (Å²) in [5.74, 6) is -0.911. The lowest BCUT2D eigenvalue weighted by molar-refractivity contribution is 0.0926. The van der Waals surface area contributed by atoms with Crippen molar-refractivity contribution in [2.45, 2.75) is 0 Å². The van der Waals surface area contributed by atoms with Gasteiger partial charge in [-0.15, -0.1) is 0 Å². The van der Waals surface area contributed by atoms with E-state index in [1.165, 1.54) is 24.3 Å². The summed E-state index contributed by atoms with van der Waals surface area (Å²) in [7, 11) is 0. The van der Waals surface area contributed by atoms with Crippen LogP contribution in [-0.2, 0) is 0 Å². The lowest BCUT2D eigenvalue weighted by Crippen LogP contribution is -2.29. The van der Waals surface area contributed by atoms with Crippen LogP contribution in [0.25, 0.3) is 0 Å². The minimum Gasteiger partial charge on any atom is -0.268 e. The predicted octanol–water partition coefficient (Wildman–Crippen LogP) is 3.84. The van der Waals surface area contributed by atoms with E-state index in [2.05, 4.69) is 4.98 Å². The minimum atomic E-state index is -0.467. The smallest absolute Gasteiger partial charge is 0.266 e. The normalized spacial score (nSPS) is 13.8. The summed E-state index contributed by atoms with van der Waals surface area (Å²) >= 11 is 17.4. The van der Waals surface area contributed by atoms with Crippen molar-refractivity contribution in [3.8, 4) is 0 Å². The van der Waals surface area contributed by atoms with Crippen LogP contribution in [0.2, 0.25) is 15.3 Å². The zero-order valence-corrected chi connectivity index (χ0v) is 12.0. The molecule has 1 aromatic carbocycles. The first-order chi connectivity index (χ1) is 9.47. The molecule has 0 atom stereocenters. The molecule has 0 saturated heterocycles. The Labute approximate surface area is 128 Å². The van der Waals surface area contributed by atoms with Crippen LogP contribution in [0.4, 0.5) is 5.69 Å². The number of pyridine rings is 1. The van der Waals surface area contributed by atoms with Gasteiger partial charge >= 0.3 is 0 Å². The number of amides is 2. The first kappa shape index (κ1) is 13.4. The predicted molar refractivity (Wildman–Crippen MR) is 76.8 cm³/mol. The average molecular weight is 328 g/mol. The molecule has 0 bridgehead atoms. The first-order valence-electron chi connectivity index (χ1n) is 5.49. The molecule has 0 radical (unpaired) electrons. The summed E-state index contributed by atoms with van der Waals surface area (Å²) in [5, 5.41) is 0.585. The van der Waals surface area contributed by atoms with Gasteiger partial charge in [0.25, 0.3) is 11.8 Å². The summed E-state index contributed by atoms with van der Waals surface area (Å²) in [6, 6.07) is 7.33. The van der Waals surface area contributed by atoms with Crippen LogP contribution in [0.5, 0.6) is 0 Å². The number of carbonyl (C=O) groups is 2. The Morgan fingerprint density at radius 3 is 2.10 bits per heavy atom. The molecule has 0 spiro atoms. The number of hydrogen-bond donors (Lipinski definition) is 0. The second-order valence-corrected chi connectivity index (χ2v) is 5.32. The maximum Gasteiger partial charge on any atom is 0.266 e. The molecule has 20 heavy (non-hydrogen) atoms. The largest absolute Gasteiger partial charge is 0.268 e. The van der Waals surface area contributed by atoms with Crippen molar-refractivity contribution in [1.82, 2.24) is 4.98 Å². The average Bonchev–Trinajstić information content (AvgIpc) is 2.60. The number of carbonyl (C=O) groups excluding carboxylic acids is 2. The molecule has 0 aliphatic carbocycles. The number of halogens is 3. The van der Waals surface area contributed by atoms with E-state index < -0.39 is 11.8 Å². The third-order valence-electron chi connectivity index (χ3n) is 2.85. The van der Waals surface area contributed by atoms with E-state index in [4.69, 9.17) is 34.8 Å². The number of benzene rings is 1. The molecule has 1 aromatic heterocycles. The monoisotopic (exact) mass is 326 g/mol. The van der Waals surface area contributed by atoms with Crippen LogP contribution >= 0.6 is 34.8 Å². The molecule has 0 fully saturated rings. The second-order valence-electron chi connectivity index (χ2n) is 4.11. The third kappa shape index (κ3) is 2.06. The number of anilines is 1. The molecule has 3 rings (SSSR count). The molecule has 0 unspecified atom stereocenters. The molecule has 1 aliphatic heterocycles. The van der Waals surface area contributed by atoms with Gasteiger partial charge in [0.15, 0.2) is 0 Å². The van der Waals surface area contributed by atoms with Gasteiger partial charge < -0.3 is 0 Å². The lowest BCUT2D eigenvalue weighted by atomic mass is 10.1. The number of imide groups is 1. The molecule has 1 aliphatic rings. The Hall–Kier alpha value is -1.62. The highest BCUT2D eigenvalue weighted by Gasteiger charge is 2.37. The summed E-state index contributed by atoms with van der Waals surface area (Å²) in [5.41, 5.74) is 0.826. The maximum absolute atomic E-state index is 12.3. The van der Waals surface area contributed by atoms with Crippen molar-refractivity contribution in [3.05, 3.63) is 56.8 Å². The van der Waals surface area contributed by atoms with Crippen molar-refractivity contribution in [3.63, 3.8) is 0 Å². The minimum absolute atomic E-state index is 0.0992. The summed E-state index contributed by atoms with van der Waals surface area (Å²) in [6.45, 7) is 0. The molecule has 4 nitrogen and oxygen atoms in total. The Kier molecular flexibility index (Phi) is 3.17. The molecular formula is C13H5Cl3N2O2. The van der Waals surface area contributed by atoms with Gasteiger partial charge in [-0.1, -0.05) is 34.8 Å². The Morgan fingerprint density at radius 2 is 1.45 bits per heavy atom. The first-order valence-corrected chi connectivity index (χ1v) is 6.62. The van der Waals surface area contributed by atoms with Gasteiger partial charge in [-0.05, 0) is 30.3 Å². The molecule has 7 heteroatoms. The standard InChI is InChI=1S/C13H5Cl3N2O2/c14-6-1-2-8-9(3-6)13(20)18(12(8)19)7-4-10(15)17-11(16)5-7/h1-5H. The molecular weight excluding hydrogens is 323 g/mol. The van der Waals surface area contributed by atoms with Gasteiger partial charge in [-0.25, -0.2) is 9.88 Å². The second kappa shape index (κ2) is 4.74. The van der Waals surface area contributed by atoms with Crippen molar-refractivity contribution in [2.75, 3.05) is 4.90 Å². The highest BCUT2D eigenvalue weighted by molar-refractivity contribution is 6.38. The number of aromatic nitrogens is 1. The fraction of sp³-hybridized carbons (Fsp3) is 0. The van der Waals surface area contributed by atoms with Crippen LogP contribution in [0, 0.1) is 0 Å². The van der Waals surface area contributed by atoms with E-state index in [9.17, 15) is 9.59 Å². The SMILES string of the molecule is O=C1c2ccc(Cl)cc2C(=O)N1c1cc(Cl)nc(Cl)c1. The van der Waals surface area contributed by atoms with E-state index in [0.29, 0.717) is 10.6 Å². The topological polar surface area (TPSA) is 50.3 Å². The van der Waals surface area contributed by atoms with Crippen molar-refractivity contribution < 1.29 is 9.59 Å². The van der Waals surface area contributed by atoms with Crippen molar-refractivity contribution in [1.29, 1.82) is 0 Å². The highest BCUT2D eigenvalue weighted by Crippen LogP contribution is 2.32. The summed E-state index contributed by atoms with van der Waals surface area (Å²) < 4.78 is 0. The van der Waals surface area contributed by atoms with Crippen LogP contribution in [0.1, 0.15) is 20.7 Å². The van der Waals surface area contributed by atoms with Gasteiger partial charge in [0.1, 0.15) is 10.3 Å². The van der Waals surface area contributed by atoms with Crippen LogP contribution in [0.15, 0.2) is 30.3 Å². The third-order valence-corrected chi connectivity index (χ3v) is 3.48. The molecule has 2 heterocycles.